The summed E-state index contributed by atoms with van der Waals surface area (Å²) in [6.45, 7) is 1.96. The average Bonchev–Trinajstić information content (AvgIpc) is 2.94. The molecule has 5 nitrogen and oxygen atoms in total. The van der Waals surface area contributed by atoms with Crippen LogP contribution < -0.4 is 10.6 Å². The molecular formula is C32H40BrClN2O3. The zero-order valence-electron chi connectivity index (χ0n) is 22.8. The first-order valence-corrected chi connectivity index (χ1v) is 15.7. The van der Waals surface area contributed by atoms with Gasteiger partial charge in [-0.05, 0) is 61.9 Å². The number of benzene rings is 2. The smallest absolute Gasteiger partial charge is 0.233 e. The van der Waals surface area contributed by atoms with Crippen molar-refractivity contribution in [3.05, 3.63) is 69.2 Å². The van der Waals surface area contributed by atoms with E-state index in [0.29, 0.717) is 17.0 Å². The van der Waals surface area contributed by atoms with Crippen molar-refractivity contribution in [2.24, 2.45) is 11.8 Å². The Morgan fingerprint density at radius 2 is 1.28 bits per heavy atom. The number of hydrogen-bond acceptors (Lipinski definition) is 3. The highest BCUT2D eigenvalue weighted by Gasteiger charge is 2.43. The van der Waals surface area contributed by atoms with Gasteiger partial charge < -0.3 is 10.6 Å². The van der Waals surface area contributed by atoms with E-state index in [9.17, 15) is 14.4 Å². The molecule has 2 N–H and O–H groups in total. The number of amides is 2. The largest absolute Gasteiger partial charge is 0.353 e. The molecule has 39 heavy (non-hydrogen) atoms. The molecule has 2 aliphatic rings. The van der Waals surface area contributed by atoms with E-state index >= 15 is 0 Å². The molecule has 210 valence electrons. The summed E-state index contributed by atoms with van der Waals surface area (Å²) in [7, 11) is 0. The Labute approximate surface area is 246 Å². The maximum Gasteiger partial charge on any atom is 0.233 e. The normalized spacial score (nSPS) is 18.4. The molecule has 0 heterocycles. The van der Waals surface area contributed by atoms with Crippen molar-refractivity contribution in [3.8, 4) is 0 Å². The van der Waals surface area contributed by atoms with Crippen LogP contribution in [-0.2, 0) is 9.59 Å². The van der Waals surface area contributed by atoms with Crippen LogP contribution >= 0.6 is 27.5 Å². The van der Waals surface area contributed by atoms with Crippen molar-refractivity contribution >= 4 is 45.1 Å². The zero-order valence-corrected chi connectivity index (χ0v) is 25.1. The third-order valence-corrected chi connectivity index (χ3v) is 9.20. The van der Waals surface area contributed by atoms with Crippen LogP contribution in [0.1, 0.15) is 99.4 Å². The van der Waals surface area contributed by atoms with Gasteiger partial charge in [0.15, 0.2) is 5.78 Å². The number of hydrogen-bond donors (Lipinski definition) is 2. The summed E-state index contributed by atoms with van der Waals surface area (Å²) in [5.74, 6) is -2.85. The summed E-state index contributed by atoms with van der Waals surface area (Å²) >= 11 is 9.68. The zero-order chi connectivity index (χ0) is 27.8. The fourth-order valence-electron chi connectivity index (χ4n) is 6.29. The minimum absolute atomic E-state index is 0.0596. The van der Waals surface area contributed by atoms with Crippen molar-refractivity contribution in [3.63, 3.8) is 0 Å². The number of ketones is 1. The van der Waals surface area contributed by atoms with Gasteiger partial charge in [0.05, 0.1) is 0 Å². The minimum Gasteiger partial charge on any atom is -0.353 e. The SMILES string of the molecule is CC[C@H](C(=O)c1ccc(Br)cc1)[C@@H](c1ccc(Cl)cc1)C(C(=O)NC1CCCCC1)C(=O)NC1CCCCC1. The number of rotatable bonds is 10. The second-order valence-corrected chi connectivity index (χ2v) is 12.5. The molecule has 0 aliphatic heterocycles. The molecule has 0 unspecified atom stereocenters. The summed E-state index contributed by atoms with van der Waals surface area (Å²) < 4.78 is 0.887. The topological polar surface area (TPSA) is 75.3 Å². The molecule has 0 saturated heterocycles. The van der Waals surface area contributed by atoms with E-state index in [2.05, 4.69) is 26.6 Å². The standard InChI is InChI=1S/C32H40BrClN2O3/c1-2-27(30(37)22-13-17-23(33)18-14-22)28(21-15-19-24(34)20-16-21)29(31(38)35-25-9-5-3-6-10-25)32(39)36-26-11-7-4-8-12-26/h13-20,25-29H,2-12H2,1H3,(H,35,38)(H,36,39)/t27-,28+/m0/s1. The van der Waals surface area contributed by atoms with Crippen molar-refractivity contribution < 1.29 is 14.4 Å². The Morgan fingerprint density at radius 3 is 1.74 bits per heavy atom. The lowest BCUT2D eigenvalue weighted by Gasteiger charge is -2.34. The van der Waals surface area contributed by atoms with Crippen molar-refractivity contribution in [1.29, 1.82) is 0 Å². The van der Waals surface area contributed by atoms with Crippen molar-refractivity contribution in [1.82, 2.24) is 10.6 Å². The van der Waals surface area contributed by atoms with Crippen LogP contribution in [0.2, 0.25) is 5.02 Å². The predicted molar refractivity (Wildman–Crippen MR) is 160 cm³/mol. The first-order valence-electron chi connectivity index (χ1n) is 14.5. The van der Waals surface area contributed by atoms with E-state index in [1.165, 1.54) is 12.8 Å². The van der Waals surface area contributed by atoms with Gasteiger partial charge >= 0.3 is 0 Å². The Kier molecular flexibility index (Phi) is 11.0. The summed E-state index contributed by atoms with van der Waals surface area (Å²) in [6, 6.07) is 14.7. The molecule has 2 saturated carbocycles. The number of carbonyl (C=O) groups excluding carboxylic acids is 3. The molecule has 0 radical (unpaired) electrons. The molecule has 0 spiro atoms. The second-order valence-electron chi connectivity index (χ2n) is 11.1. The van der Waals surface area contributed by atoms with E-state index in [-0.39, 0.29) is 29.7 Å². The second kappa shape index (κ2) is 14.5. The van der Waals surface area contributed by atoms with Gasteiger partial charge in [0.2, 0.25) is 11.8 Å². The monoisotopic (exact) mass is 614 g/mol. The molecule has 2 aromatic carbocycles. The van der Waals surface area contributed by atoms with Crippen LogP contribution in [0.15, 0.2) is 53.0 Å². The average molecular weight is 616 g/mol. The fourth-order valence-corrected chi connectivity index (χ4v) is 6.68. The summed E-state index contributed by atoms with van der Waals surface area (Å²) in [6.07, 6.45) is 10.8. The molecule has 7 heteroatoms. The van der Waals surface area contributed by atoms with Crippen LogP contribution in [0.25, 0.3) is 0 Å². The van der Waals surface area contributed by atoms with E-state index in [1.54, 1.807) is 24.3 Å². The number of halogens is 2. The van der Waals surface area contributed by atoms with E-state index in [4.69, 9.17) is 11.6 Å². The summed E-state index contributed by atoms with van der Waals surface area (Å²) in [5, 5.41) is 7.01. The third kappa shape index (κ3) is 7.94. The number of carbonyl (C=O) groups is 3. The maximum atomic E-state index is 14.1. The van der Waals surface area contributed by atoms with Gasteiger partial charge in [-0.3, -0.25) is 14.4 Å². The van der Waals surface area contributed by atoms with Gasteiger partial charge in [0, 0.05) is 39.0 Å². The molecule has 0 bridgehead atoms. The lowest BCUT2D eigenvalue weighted by molar-refractivity contribution is -0.137. The lowest BCUT2D eigenvalue weighted by Crippen LogP contribution is -2.51. The molecule has 2 aliphatic carbocycles. The fraction of sp³-hybridized carbons (Fsp3) is 0.531. The molecule has 0 aromatic heterocycles. The van der Waals surface area contributed by atoms with Crippen molar-refractivity contribution in [2.75, 3.05) is 0 Å². The molecule has 2 fully saturated rings. The van der Waals surface area contributed by atoms with E-state index in [0.717, 1.165) is 61.4 Å². The Morgan fingerprint density at radius 1 is 0.795 bits per heavy atom. The molecule has 2 amide bonds. The Balaban J connectivity index is 1.74. The van der Waals surface area contributed by atoms with Gasteiger partial charge in [-0.1, -0.05) is 97.2 Å². The Hall–Kier alpha value is -2.18. The highest BCUT2D eigenvalue weighted by atomic mass is 79.9. The van der Waals surface area contributed by atoms with Gasteiger partial charge in [0.25, 0.3) is 0 Å². The van der Waals surface area contributed by atoms with Gasteiger partial charge in [0.1, 0.15) is 5.92 Å². The van der Waals surface area contributed by atoms with Crippen LogP contribution in [0, 0.1) is 11.8 Å². The summed E-state index contributed by atoms with van der Waals surface area (Å²) in [5.41, 5.74) is 1.35. The quantitative estimate of drug-likeness (QED) is 0.213. The van der Waals surface area contributed by atoms with Crippen molar-refractivity contribution in [2.45, 2.75) is 95.6 Å². The molecule has 4 rings (SSSR count). The van der Waals surface area contributed by atoms with Crippen LogP contribution in [0.5, 0.6) is 0 Å². The first-order chi connectivity index (χ1) is 18.9. The van der Waals surface area contributed by atoms with Crippen LogP contribution in [-0.4, -0.2) is 29.7 Å². The number of Topliss-reactive ketones (excluding diaryl/α,β-unsaturated/α-hetero) is 1. The first kappa shape index (κ1) is 29.8. The maximum absolute atomic E-state index is 14.1. The number of nitrogens with one attached hydrogen (secondary N) is 2. The minimum atomic E-state index is -1.03. The predicted octanol–water partition coefficient (Wildman–Crippen LogP) is 7.61. The van der Waals surface area contributed by atoms with Crippen LogP contribution in [0.4, 0.5) is 0 Å². The Bertz CT molecular complexity index is 1080. The molecular weight excluding hydrogens is 576 g/mol. The molecule has 2 aromatic rings. The van der Waals surface area contributed by atoms with Gasteiger partial charge in [-0.2, -0.15) is 0 Å². The summed E-state index contributed by atoms with van der Waals surface area (Å²) in [4.78, 5) is 42.2. The van der Waals surface area contributed by atoms with Gasteiger partial charge in [-0.25, -0.2) is 0 Å². The third-order valence-electron chi connectivity index (χ3n) is 8.42. The highest BCUT2D eigenvalue weighted by Crippen LogP contribution is 2.38. The van der Waals surface area contributed by atoms with E-state index in [1.807, 2.05) is 31.2 Å². The highest BCUT2D eigenvalue weighted by molar-refractivity contribution is 9.10. The van der Waals surface area contributed by atoms with Crippen LogP contribution in [0.3, 0.4) is 0 Å². The van der Waals surface area contributed by atoms with Gasteiger partial charge in [-0.15, -0.1) is 0 Å². The lowest BCUT2D eigenvalue weighted by atomic mass is 9.71. The molecule has 2 atom stereocenters. The van der Waals surface area contributed by atoms with E-state index < -0.39 is 17.8 Å².